The van der Waals surface area contributed by atoms with Crippen LogP contribution < -0.4 is 5.73 Å². The van der Waals surface area contributed by atoms with E-state index in [-0.39, 0.29) is 5.56 Å². The molecular weight excluding hydrogens is 267 g/mol. The smallest absolute Gasteiger partial charge is 0.194 e. The first-order valence-electron chi connectivity index (χ1n) is 6.85. The maximum atomic E-state index is 13.9. The van der Waals surface area contributed by atoms with Gasteiger partial charge < -0.3 is 10.5 Å². The summed E-state index contributed by atoms with van der Waals surface area (Å²) in [6.07, 6.45) is 3.36. The summed E-state index contributed by atoms with van der Waals surface area (Å²) >= 11 is 0. The molecule has 0 aliphatic heterocycles. The first-order chi connectivity index (χ1) is 9.41. The number of ether oxygens (including phenoxy) is 1. The molecule has 0 saturated heterocycles. The fourth-order valence-corrected chi connectivity index (χ4v) is 3.20. The maximum Gasteiger partial charge on any atom is 0.194 e. The van der Waals surface area contributed by atoms with Crippen LogP contribution in [-0.4, -0.2) is 12.7 Å². The zero-order valence-electron chi connectivity index (χ0n) is 11.8. The van der Waals surface area contributed by atoms with E-state index in [2.05, 4.69) is 6.92 Å². The molecule has 1 aromatic rings. The molecule has 3 unspecified atom stereocenters. The molecule has 2 nitrogen and oxygen atoms in total. The molecule has 1 fully saturated rings. The van der Waals surface area contributed by atoms with Crippen LogP contribution in [0.4, 0.5) is 13.2 Å². The highest BCUT2D eigenvalue weighted by atomic mass is 19.2. The molecule has 3 atom stereocenters. The third-order valence-electron chi connectivity index (χ3n) is 4.36. The Kier molecular flexibility index (Phi) is 4.39. The highest BCUT2D eigenvalue weighted by Gasteiger charge is 2.42. The SMILES string of the molecule is COC1(C(N)c2ccc(F)c(F)c2F)CCCC(C)C1. The standard InChI is InChI=1S/C15H20F3NO/c1-9-4-3-7-15(8-9,20-2)14(19)10-5-6-11(16)13(18)12(10)17/h5-6,9,14H,3-4,7-8,19H2,1-2H3. The van der Waals surface area contributed by atoms with Crippen molar-refractivity contribution in [3.05, 3.63) is 35.1 Å². The molecule has 112 valence electrons. The van der Waals surface area contributed by atoms with E-state index in [0.29, 0.717) is 18.8 Å². The van der Waals surface area contributed by atoms with Gasteiger partial charge in [0.2, 0.25) is 0 Å². The van der Waals surface area contributed by atoms with Gasteiger partial charge in [0, 0.05) is 12.7 Å². The minimum Gasteiger partial charge on any atom is -0.376 e. The van der Waals surface area contributed by atoms with Gasteiger partial charge in [-0.1, -0.05) is 25.8 Å². The van der Waals surface area contributed by atoms with Crippen LogP contribution in [-0.2, 0) is 4.74 Å². The van der Waals surface area contributed by atoms with Gasteiger partial charge in [-0.15, -0.1) is 0 Å². The monoisotopic (exact) mass is 287 g/mol. The quantitative estimate of drug-likeness (QED) is 0.860. The maximum absolute atomic E-state index is 13.9. The first-order valence-corrected chi connectivity index (χ1v) is 6.85. The largest absolute Gasteiger partial charge is 0.376 e. The third kappa shape index (κ3) is 2.56. The van der Waals surface area contributed by atoms with Crippen LogP contribution >= 0.6 is 0 Å². The molecule has 1 saturated carbocycles. The number of methoxy groups -OCH3 is 1. The van der Waals surface area contributed by atoms with Gasteiger partial charge in [-0.2, -0.15) is 0 Å². The van der Waals surface area contributed by atoms with Gasteiger partial charge in [-0.3, -0.25) is 0 Å². The van der Waals surface area contributed by atoms with Gasteiger partial charge in [0.25, 0.3) is 0 Å². The molecule has 0 spiro atoms. The predicted molar refractivity (Wildman–Crippen MR) is 70.6 cm³/mol. The van der Waals surface area contributed by atoms with Crippen LogP contribution in [0.5, 0.6) is 0 Å². The molecule has 0 amide bonds. The van der Waals surface area contributed by atoms with Crippen molar-refractivity contribution >= 4 is 0 Å². The van der Waals surface area contributed by atoms with E-state index in [1.54, 1.807) is 0 Å². The Labute approximate surface area is 117 Å². The Bertz CT molecular complexity index is 494. The van der Waals surface area contributed by atoms with Crippen LogP contribution in [0.3, 0.4) is 0 Å². The van der Waals surface area contributed by atoms with Crippen LogP contribution in [0.15, 0.2) is 12.1 Å². The lowest BCUT2D eigenvalue weighted by atomic mass is 9.73. The van der Waals surface area contributed by atoms with E-state index in [4.69, 9.17) is 10.5 Å². The van der Waals surface area contributed by atoms with Crippen molar-refractivity contribution in [1.29, 1.82) is 0 Å². The fourth-order valence-electron chi connectivity index (χ4n) is 3.20. The fraction of sp³-hybridized carbons (Fsp3) is 0.600. The molecule has 20 heavy (non-hydrogen) atoms. The van der Waals surface area contributed by atoms with Gasteiger partial charge in [0.05, 0.1) is 11.6 Å². The number of hydrogen-bond acceptors (Lipinski definition) is 2. The Morgan fingerprint density at radius 1 is 1.30 bits per heavy atom. The van der Waals surface area contributed by atoms with E-state index in [1.165, 1.54) is 13.2 Å². The van der Waals surface area contributed by atoms with Gasteiger partial charge in [-0.25, -0.2) is 13.2 Å². The number of benzene rings is 1. The summed E-state index contributed by atoms with van der Waals surface area (Å²) in [5.74, 6) is -3.50. The lowest BCUT2D eigenvalue weighted by Gasteiger charge is -2.43. The Morgan fingerprint density at radius 3 is 2.60 bits per heavy atom. The van der Waals surface area contributed by atoms with Gasteiger partial charge in [0.1, 0.15) is 0 Å². The summed E-state index contributed by atoms with van der Waals surface area (Å²) in [6.45, 7) is 2.08. The average molecular weight is 287 g/mol. The molecular formula is C15H20F3NO. The molecule has 5 heteroatoms. The molecule has 1 aliphatic carbocycles. The van der Waals surface area contributed by atoms with Crippen molar-refractivity contribution in [1.82, 2.24) is 0 Å². The van der Waals surface area contributed by atoms with Gasteiger partial charge in [-0.05, 0) is 24.8 Å². The first kappa shape index (κ1) is 15.3. The molecule has 0 bridgehead atoms. The van der Waals surface area contributed by atoms with Gasteiger partial charge >= 0.3 is 0 Å². The van der Waals surface area contributed by atoms with Crippen LogP contribution in [0.2, 0.25) is 0 Å². The van der Waals surface area contributed by atoms with Crippen molar-refractivity contribution in [2.45, 2.75) is 44.2 Å². The summed E-state index contributed by atoms with van der Waals surface area (Å²) < 4.78 is 45.9. The highest BCUT2D eigenvalue weighted by molar-refractivity contribution is 5.26. The zero-order valence-corrected chi connectivity index (χ0v) is 11.8. The normalized spacial score (nSPS) is 28.4. The number of nitrogens with two attached hydrogens (primary N) is 1. The summed E-state index contributed by atoms with van der Waals surface area (Å²) in [7, 11) is 1.54. The molecule has 2 N–H and O–H groups in total. The van der Waals surface area contributed by atoms with E-state index in [0.717, 1.165) is 18.9 Å². The lowest BCUT2D eigenvalue weighted by molar-refractivity contribution is -0.0725. The number of halogens is 3. The average Bonchev–Trinajstić information content (AvgIpc) is 2.44. The second kappa shape index (κ2) is 5.74. The number of hydrogen-bond donors (Lipinski definition) is 1. The van der Waals surface area contributed by atoms with Crippen molar-refractivity contribution in [2.24, 2.45) is 11.7 Å². The molecule has 0 heterocycles. The molecule has 1 aromatic carbocycles. The minimum atomic E-state index is -1.48. The van der Waals surface area contributed by atoms with E-state index in [1.807, 2.05) is 0 Å². The van der Waals surface area contributed by atoms with Gasteiger partial charge in [0.15, 0.2) is 17.5 Å². The Hall–Kier alpha value is -1.07. The highest BCUT2D eigenvalue weighted by Crippen LogP contribution is 2.42. The predicted octanol–water partition coefficient (Wildman–Crippen LogP) is 3.70. The number of rotatable bonds is 3. The van der Waals surface area contributed by atoms with E-state index in [9.17, 15) is 13.2 Å². The summed E-state index contributed by atoms with van der Waals surface area (Å²) in [6, 6.07) is 1.30. The van der Waals surface area contributed by atoms with Crippen molar-refractivity contribution in [3.63, 3.8) is 0 Å². The van der Waals surface area contributed by atoms with Crippen LogP contribution in [0.25, 0.3) is 0 Å². The van der Waals surface area contributed by atoms with Crippen molar-refractivity contribution in [3.8, 4) is 0 Å². The second-order valence-electron chi connectivity index (χ2n) is 5.71. The van der Waals surface area contributed by atoms with Crippen LogP contribution in [0.1, 0.15) is 44.2 Å². The lowest BCUT2D eigenvalue weighted by Crippen LogP contribution is -2.46. The summed E-state index contributed by atoms with van der Waals surface area (Å²) in [5.41, 5.74) is 5.40. The van der Waals surface area contributed by atoms with Crippen molar-refractivity contribution in [2.75, 3.05) is 7.11 Å². The topological polar surface area (TPSA) is 35.2 Å². The molecule has 0 radical (unpaired) electrons. The third-order valence-corrected chi connectivity index (χ3v) is 4.36. The van der Waals surface area contributed by atoms with Crippen LogP contribution in [0, 0.1) is 23.4 Å². The van der Waals surface area contributed by atoms with Crippen molar-refractivity contribution < 1.29 is 17.9 Å². The zero-order chi connectivity index (χ0) is 14.9. The Morgan fingerprint density at radius 2 is 2.00 bits per heavy atom. The second-order valence-corrected chi connectivity index (χ2v) is 5.71. The summed E-state index contributed by atoms with van der Waals surface area (Å²) in [4.78, 5) is 0. The Balaban J connectivity index is 2.38. The molecule has 0 aromatic heterocycles. The molecule has 1 aliphatic rings. The summed E-state index contributed by atoms with van der Waals surface area (Å²) in [5, 5.41) is 0. The van der Waals surface area contributed by atoms with E-state index < -0.39 is 29.1 Å². The minimum absolute atomic E-state index is 0.0279. The molecule has 2 rings (SSSR count). The van der Waals surface area contributed by atoms with E-state index >= 15 is 0 Å².